The monoisotopic (exact) mass is 504 g/mol. The minimum Gasteiger partial charge on any atom is -0.494 e. The predicted molar refractivity (Wildman–Crippen MR) is 137 cm³/mol. The number of para-hydroxylation sites is 1. The number of benzene rings is 1. The third kappa shape index (κ3) is 5.83. The Labute approximate surface area is 214 Å². The Balaban J connectivity index is 1.40. The highest BCUT2D eigenvalue weighted by molar-refractivity contribution is 7.16. The Bertz CT molecular complexity index is 1270. The Morgan fingerprint density at radius 2 is 2.11 bits per heavy atom. The van der Waals surface area contributed by atoms with Gasteiger partial charge in [0, 0.05) is 35.8 Å². The van der Waals surface area contributed by atoms with Crippen molar-refractivity contribution in [2.24, 2.45) is 0 Å². The molecule has 36 heavy (non-hydrogen) atoms. The van der Waals surface area contributed by atoms with E-state index in [2.05, 4.69) is 16.4 Å². The summed E-state index contributed by atoms with van der Waals surface area (Å²) < 4.78 is 11.1. The zero-order chi connectivity index (χ0) is 25.5. The van der Waals surface area contributed by atoms with Gasteiger partial charge >= 0.3 is 6.09 Å². The second kappa shape index (κ2) is 11.7. The van der Waals surface area contributed by atoms with Gasteiger partial charge in [-0.2, -0.15) is 5.26 Å². The topological polar surface area (TPSA) is 105 Å². The van der Waals surface area contributed by atoms with Gasteiger partial charge in [0.2, 0.25) is 5.91 Å². The fraction of sp³-hybridized carbons (Fsp3) is 0.333. The third-order valence-corrected chi connectivity index (χ3v) is 7.14. The van der Waals surface area contributed by atoms with Gasteiger partial charge in [-0.1, -0.05) is 31.2 Å². The molecular formula is C27H28N4O4S. The molecule has 1 aliphatic rings. The Morgan fingerprint density at radius 3 is 2.86 bits per heavy atom. The van der Waals surface area contributed by atoms with Gasteiger partial charge in [-0.3, -0.25) is 9.78 Å². The molecule has 1 N–H and O–H groups in total. The fourth-order valence-corrected chi connectivity index (χ4v) is 5.46. The van der Waals surface area contributed by atoms with E-state index >= 15 is 0 Å². The average Bonchev–Trinajstić information content (AvgIpc) is 3.24. The molecular weight excluding hydrogens is 476 g/mol. The number of aromatic nitrogens is 1. The summed E-state index contributed by atoms with van der Waals surface area (Å²) in [5, 5.41) is 13.3. The van der Waals surface area contributed by atoms with Crippen molar-refractivity contribution in [2.75, 3.05) is 18.5 Å². The molecule has 0 saturated heterocycles. The number of carbonyl (C=O) groups excluding carboxylic acids is 2. The van der Waals surface area contributed by atoms with Crippen molar-refractivity contribution in [3.8, 4) is 11.8 Å². The van der Waals surface area contributed by atoms with Crippen molar-refractivity contribution in [3.63, 3.8) is 0 Å². The number of rotatable bonds is 8. The SMILES string of the molecule is CCOc1ccccc1[C@@H](C)CC(=O)Nc1sc2c(c1C#N)CCN(C(=O)OCc1cccnc1)C2. The summed E-state index contributed by atoms with van der Waals surface area (Å²) in [6.45, 7) is 5.40. The number of fused-ring (bicyclic) bond motifs is 1. The summed E-state index contributed by atoms with van der Waals surface area (Å²) in [7, 11) is 0. The molecule has 0 aliphatic carbocycles. The Morgan fingerprint density at radius 1 is 1.28 bits per heavy atom. The van der Waals surface area contributed by atoms with Crippen LogP contribution in [0.2, 0.25) is 0 Å². The maximum atomic E-state index is 12.9. The molecule has 0 unspecified atom stereocenters. The normalized spacial score (nSPS) is 13.3. The molecule has 0 saturated carbocycles. The zero-order valence-electron chi connectivity index (χ0n) is 20.3. The molecule has 0 bridgehead atoms. The van der Waals surface area contributed by atoms with Crippen LogP contribution in [0.1, 0.15) is 53.3 Å². The van der Waals surface area contributed by atoms with Gasteiger partial charge in [0.05, 0.1) is 18.7 Å². The number of nitrogens with zero attached hydrogens (tertiary/aromatic N) is 3. The van der Waals surface area contributed by atoms with Gasteiger partial charge in [-0.25, -0.2) is 4.79 Å². The van der Waals surface area contributed by atoms with Crippen molar-refractivity contribution in [3.05, 3.63) is 75.9 Å². The van der Waals surface area contributed by atoms with E-state index in [4.69, 9.17) is 9.47 Å². The Kier molecular flexibility index (Phi) is 8.18. The summed E-state index contributed by atoms with van der Waals surface area (Å²) in [4.78, 5) is 32.0. The van der Waals surface area contributed by atoms with Crippen LogP contribution in [-0.2, 0) is 29.1 Å². The highest BCUT2D eigenvalue weighted by Crippen LogP contribution is 2.37. The number of thiophene rings is 1. The molecule has 4 rings (SSSR count). The number of nitrogens with one attached hydrogen (secondary N) is 1. The van der Waals surface area contributed by atoms with Gasteiger partial charge in [0.15, 0.2) is 0 Å². The predicted octanol–water partition coefficient (Wildman–Crippen LogP) is 5.24. The van der Waals surface area contributed by atoms with E-state index in [0.29, 0.717) is 36.7 Å². The van der Waals surface area contributed by atoms with Crippen molar-refractivity contribution in [2.45, 2.75) is 45.8 Å². The lowest BCUT2D eigenvalue weighted by Gasteiger charge is -2.26. The van der Waals surface area contributed by atoms with Crippen LogP contribution >= 0.6 is 11.3 Å². The van der Waals surface area contributed by atoms with Crippen LogP contribution in [0, 0.1) is 11.3 Å². The fourth-order valence-electron chi connectivity index (χ4n) is 4.23. The molecule has 0 fully saturated rings. The van der Waals surface area contributed by atoms with Crippen molar-refractivity contribution < 1.29 is 19.1 Å². The summed E-state index contributed by atoms with van der Waals surface area (Å²) >= 11 is 1.35. The van der Waals surface area contributed by atoms with E-state index in [1.165, 1.54) is 11.3 Å². The quantitative estimate of drug-likeness (QED) is 0.450. The summed E-state index contributed by atoms with van der Waals surface area (Å²) in [5.74, 6) is 0.551. The molecule has 0 radical (unpaired) electrons. The number of nitriles is 1. The van der Waals surface area contributed by atoms with Crippen LogP contribution in [0.25, 0.3) is 0 Å². The zero-order valence-corrected chi connectivity index (χ0v) is 21.1. The maximum absolute atomic E-state index is 12.9. The summed E-state index contributed by atoms with van der Waals surface area (Å²) in [5.41, 5.74) is 3.16. The van der Waals surface area contributed by atoms with Crippen LogP contribution in [0.15, 0.2) is 48.8 Å². The lowest BCUT2D eigenvalue weighted by atomic mass is 9.96. The van der Waals surface area contributed by atoms with E-state index in [1.54, 1.807) is 23.4 Å². The van der Waals surface area contributed by atoms with Crippen LogP contribution in [0.4, 0.5) is 9.80 Å². The molecule has 2 amide bonds. The van der Waals surface area contributed by atoms with Crippen LogP contribution in [-0.4, -0.2) is 35.0 Å². The minimum absolute atomic E-state index is 0.0575. The number of amides is 2. The molecule has 1 aliphatic heterocycles. The standard InChI is InChI=1S/C27H28N4O4S/c1-3-34-23-9-5-4-8-20(23)18(2)13-25(32)30-26-22(14-28)21-10-12-31(16-24(21)36-26)27(33)35-17-19-7-6-11-29-15-19/h4-9,11,15,18H,3,10,12-13,16-17H2,1-2H3,(H,30,32)/t18-/m0/s1. The van der Waals surface area contributed by atoms with Gasteiger partial charge in [0.1, 0.15) is 23.4 Å². The van der Waals surface area contributed by atoms with Gasteiger partial charge in [-0.15, -0.1) is 11.3 Å². The van der Waals surface area contributed by atoms with E-state index in [9.17, 15) is 14.9 Å². The van der Waals surface area contributed by atoms with Gasteiger partial charge < -0.3 is 19.7 Å². The molecule has 1 atom stereocenters. The van der Waals surface area contributed by atoms with Crippen LogP contribution < -0.4 is 10.1 Å². The second-order valence-electron chi connectivity index (χ2n) is 8.53. The molecule has 186 valence electrons. The second-order valence-corrected chi connectivity index (χ2v) is 9.64. The third-order valence-electron chi connectivity index (χ3n) is 6.01. The molecule has 2 aromatic heterocycles. The minimum atomic E-state index is -0.413. The van der Waals surface area contributed by atoms with Crippen molar-refractivity contribution >= 4 is 28.3 Å². The van der Waals surface area contributed by atoms with Crippen molar-refractivity contribution in [1.82, 2.24) is 9.88 Å². The molecule has 8 nitrogen and oxygen atoms in total. The van der Waals surface area contributed by atoms with E-state index < -0.39 is 6.09 Å². The van der Waals surface area contributed by atoms with Crippen LogP contribution in [0.5, 0.6) is 5.75 Å². The van der Waals surface area contributed by atoms with Gasteiger partial charge in [0.25, 0.3) is 0 Å². The molecule has 3 aromatic rings. The molecule has 0 spiro atoms. The van der Waals surface area contributed by atoms with Gasteiger partial charge in [-0.05, 0) is 42.5 Å². The summed E-state index contributed by atoms with van der Waals surface area (Å²) in [6.07, 6.45) is 3.70. The first kappa shape index (κ1) is 25.2. The van der Waals surface area contributed by atoms with Crippen LogP contribution in [0.3, 0.4) is 0 Å². The summed E-state index contributed by atoms with van der Waals surface area (Å²) in [6, 6.07) is 13.6. The number of carbonyl (C=O) groups is 2. The van der Waals surface area contributed by atoms with E-state index in [0.717, 1.165) is 27.3 Å². The number of pyridine rings is 1. The number of ether oxygens (including phenoxy) is 2. The highest BCUT2D eigenvalue weighted by atomic mass is 32.1. The molecule has 9 heteroatoms. The lowest BCUT2D eigenvalue weighted by Crippen LogP contribution is -2.35. The first-order valence-electron chi connectivity index (χ1n) is 11.9. The smallest absolute Gasteiger partial charge is 0.410 e. The average molecular weight is 505 g/mol. The number of hydrogen-bond donors (Lipinski definition) is 1. The lowest BCUT2D eigenvalue weighted by molar-refractivity contribution is -0.116. The van der Waals surface area contributed by atoms with Crippen molar-refractivity contribution in [1.29, 1.82) is 5.26 Å². The number of hydrogen-bond acceptors (Lipinski definition) is 7. The van der Waals surface area contributed by atoms with E-state index in [-0.39, 0.29) is 24.9 Å². The van der Waals surface area contributed by atoms with E-state index in [1.807, 2.05) is 44.2 Å². The molecule has 3 heterocycles. The largest absolute Gasteiger partial charge is 0.494 e. The highest BCUT2D eigenvalue weighted by Gasteiger charge is 2.28. The molecule has 1 aromatic carbocycles. The Hall–Kier alpha value is -3.90. The number of anilines is 1. The maximum Gasteiger partial charge on any atom is 0.410 e. The first-order valence-corrected chi connectivity index (χ1v) is 12.7. The first-order chi connectivity index (χ1) is 17.5.